The quantitative estimate of drug-likeness (QED) is 0.838. The maximum atomic E-state index is 12.4. The average Bonchev–Trinajstić information content (AvgIpc) is 3.01. The zero-order chi connectivity index (χ0) is 18.9. The van der Waals surface area contributed by atoms with Crippen molar-refractivity contribution in [2.45, 2.75) is 24.3 Å². The minimum absolute atomic E-state index is 0.0374. The van der Waals surface area contributed by atoms with Crippen LogP contribution in [0.5, 0.6) is 0 Å². The maximum Gasteiger partial charge on any atom is 0.408 e. The highest BCUT2D eigenvalue weighted by Gasteiger charge is 2.42. The highest BCUT2D eigenvalue weighted by atomic mass is 32.2. The molecule has 2 aromatic rings. The van der Waals surface area contributed by atoms with Gasteiger partial charge in [0.2, 0.25) is 0 Å². The van der Waals surface area contributed by atoms with Gasteiger partial charge in [0, 0.05) is 11.7 Å². The Morgan fingerprint density at radius 3 is 2.30 bits per heavy atom. The van der Waals surface area contributed by atoms with E-state index in [4.69, 9.17) is 4.74 Å². The largest absolute Gasteiger partial charge is 0.479 e. The molecule has 0 spiro atoms. The number of ether oxygens (including phenoxy) is 1. The summed E-state index contributed by atoms with van der Waals surface area (Å²) in [4.78, 5) is 24.1. The number of thioether (sulfide) groups is 1. The van der Waals surface area contributed by atoms with Gasteiger partial charge in [-0.25, -0.2) is 9.59 Å². The smallest absolute Gasteiger partial charge is 0.408 e. The van der Waals surface area contributed by atoms with Crippen molar-refractivity contribution in [1.82, 2.24) is 5.32 Å². The van der Waals surface area contributed by atoms with Gasteiger partial charge in [-0.3, -0.25) is 0 Å². The zero-order valence-electron chi connectivity index (χ0n) is 14.8. The van der Waals surface area contributed by atoms with E-state index in [0.29, 0.717) is 12.2 Å². The molecule has 0 bridgehead atoms. The lowest BCUT2D eigenvalue weighted by atomic mass is 9.96. The second kappa shape index (κ2) is 7.27. The normalized spacial score (nSPS) is 21.2. The third-order valence-electron chi connectivity index (χ3n) is 5.34. The van der Waals surface area contributed by atoms with Gasteiger partial charge in [0.1, 0.15) is 12.1 Å². The van der Waals surface area contributed by atoms with E-state index in [1.54, 1.807) is 11.8 Å². The number of hydrogen-bond donors (Lipinski definition) is 2. The fourth-order valence-electron chi connectivity index (χ4n) is 3.95. The molecule has 2 aliphatic rings. The molecule has 1 amide bonds. The summed E-state index contributed by atoms with van der Waals surface area (Å²) in [5.74, 6) is 0.251. The maximum absolute atomic E-state index is 12.4. The second-order valence-corrected chi connectivity index (χ2v) is 8.10. The zero-order valence-corrected chi connectivity index (χ0v) is 15.6. The van der Waals surface area contributed by atoms with Gasteiger partial charge in [-0.05, 0) is 40.8 Å². The summed E-state index contributed by atoms with van der Waals surface area (Å²) in [5.41, 5.74) is 3.35. The Morgan fingerprint density at radius 1 is 1.11 bits per heavy atom. The molecule has 1 heterocycles. The van der Waals surface area contributed by atoms with Gasteiger partial charge in [0.25, 0.3) is 0 Å². The van der Waals surface area contributed by atoms with Crippen LogP contribution < -0.4 is 5.32 Å². The van der Waals surface area contributed by atoms with Gasteiger partial charge in [0.15, 0.2) is 0 Å². The number of carboxylic acids is 1. The lowest BCUT2D eigenvalue weighted by Gasteiger charge is -2.33. The lowest BCUT2D eigenvalue weighted by molar-refractivity contribution is -0.144. The van der Waals surface area contributed by atoms with E-state index >= 15 is 0 Å². The first-order valence-electron chi connectivity index (χ1n) is 9.05. The first kappa shape index (κ1) is 17.9. The number of hydrogen-bond acceptors (Lipinski definition) is 4. The standard InChI is InChI=1S/C21H21NO4S/c23-19(24)21(10-5-11-27-13-21)22-20(25)26-12-18-16-8-3-1-6-14(16)15-7-2-4-9-17(15)18/h1-4,6-9,18H,5,10-13H2,(H,22,25)(H,23,24). The van der Waals surface area contributed by atoms with Crippen LogP contribution in [-0.4, -0.2) is 40.8 Å². The van der Waals surface area contributed by atoms with Crippen molar-refractivity contribution in [2.75, 3.05) is 18.1 Å². The Balaban J connectivity index is 1.49. The van der Waals surface area contributed by atoms with Crippen LogP contribution in [-0.2, 0) is 9.53 Å². The number of fused-ring (bicyclic) bond motifs is 3. The molecular formula is C21H21NO4S. The Kier molecular flexibility index (Phi) is 4.83. The summed E-state index contributed by atoms with van der Waals surface area (Å²) in [7, 11) is 0. The molecule has 0 radical (unpaired) electrons. The van der Waals surface area contributed by atoms with E-state index in [9.17, 15) is 14.7 Å². The van der Waals surface area contributed by atoms with Crippen LogP contribution in [0, 0.1) is 0 Å². The van der Waals surface area contributed by atoms with E-state index in [-0.39, 0.29) is 12.5 Å². The summed E-state index contributed by atoms with van der Waals surface area (Å²) in [6.07, 6.45) is 0.530. The third-order valence-corrected chi connectivity index (χ3v) is 6.61. The molecule has 1 aliphatic carbocycles. The van der Waals surface area contributed by atoms with Crippen LogP contribution >= 0.6 is 11.8 Å². The molecule has 140 valence electrons. The Morgan fingerprint density at radius 2 is 1.74 bits per heavy atom. The van der Waals surface area contributed by atoms with Crippen LogP contribution in [0.25, 0.3) is 11.1 Å². The van der Waals surface area contributed by atoms with Gasteiger partial charge < -0.3 is 15.2 Å². The molecule has 6 heteroatoms. The number of nitrogens with one attached hydrogen (secondary N) is 1. The first-order chi connectivity index (χ1) is 13.1. The number of carbonyl (C=O) groups is 2. The molecule has 2 aromatic carbocycles. The lowest BCUT2D eigenvalue weighted by Crippen LogP contribution is -2.58. The van der Waals surface area contributed by atoms with Crippen molar-refractivity contribution in [1.29, 1.82) is 0 Å². The SMILES string of the molecule is O=C(NC1(C(=O)O)CCCSC1)OCC1c2ccccc2-c2ccccc21. The molecule has 0 aromatic heterocycles. The van der Waals surface area contributed by atoms with Crippen molar-refractivity contribution >= 4 is 23.8 Å². The van der Waals surface area contributed by atoms with Gasteiger partial charge in [-0.1, -0.05) is 48.5 Å². The molecule has 27 heavy (non-hydrogen) atoms. The molecule has 1 unspecified atom stereocenters. The Hall–Kier alpha value is -2.47. The average molecular weight is 383 g/mol. The fraction of sp³-hybridized carbons (Fsp3) is 0.333. The number of carbonyl (C=O) groups excluding carboxylic acids is 1. The predicted octanol–water partition coefficient (Wildman–Crippen LogP) is 3.88. The summed E-state index contributed by atoms with van der Waals surface area (Å²) in [5, 5.41) is 12.2. The van der Waals surface area contributed by atoms with E-state index in [2.05, 4.69) is 29.6 Å². The number of alkyl carbamates (subject to hydrolysis) is 1. The molecular weight excluding hydrogens is 362 g/mol. The van der Waals surface area contributed by atoms with Crippen LogP contribution in [0.3, 0.4) is 0 Å². The molecule has 4 rings (SSSR count). The highest BCUT2D eigenvalue weighted by Crippen LogP contribution is 2.44. The number of benzene rings is 2. The van der Waals surface area contributed by atoms with Crippen molar-refractivity contribution in [2.24, 2.45) is 0 Å². The third kappa shape index (κ3) is 3.30. The highest BCUT2D eigenvalue weighted by molar-refractivity contribution is 7.99. The molecule has 0 saturated carbocycles. The van der Waals surface area contributed by atoms with Crippen molar-refractivity contribution < 1.29 is 19.4 Å². The van der Waals surface area contributed by atoms with Gasteiger partial charge in [-0.15, -0.1) is 0 Å². The van der Waals surface area contributed by atoms with Gasteiger partial charge in [0.05, 0.1) is 0 Å². The summed E-state index contributed by atoms with van der Waals surface area (Å²) >= 11 is 1.55. The molecule has 1 atom stereocenters. The fourth-order valence-corrected chi connectivity index (χ4v) is 5.13. The molecule has 5 nitrogen and oxygen atoms in total. The summed E-state index contributed by atoms with van der Waals surface area (Å²) < 4.78 is 5.49. The Bertz CT molecular complexity index is 830. The molecule has 1 fully saturated rings. The van der Waals surface area contributed by atoms with E-state index < -0.39 is 17.6 Å². The summed E-state index contributed by atoms with van der Waals surface area (Å²) in [6.45, 7) is 0.183. The van der Waals surface area contributed by atoms with Crippen molar-refractivity contribution in [3.63, 3.8) is 0 Å². The first-order valence-corrected chi connectivity index (χ1v) is 10.2. The monoisotopic (exact) mass is 383 g/mol. The number of carboxylic acid groups (broad SMARTS) is 1. The second-order valence-electron chi connectivity index (χ2n) is 6.99. The summed E-state index contributed by atoms with van der Waals surface area (Å²) in [6, 6.07) is 16.2. The molecule has 1 aliphatic heterocycles. The number of rotatable bonds is 4. The van der Waals surface area contributed by atoms with Crippen LogP contribution in [0.4, 0.5) is 4.79 Å². The van der Waals surface area contributed by atoms with E-state index in [1.807, 2.05) is 24.3 Å². The van der Waals surface area contributed by atoms with Crippen molar-refractivity contribution in [3.8, 4) is 11.1 Å². The molecule has 2 N–H and O–H groups in total. The number of amides is 1. The van der Waals surface area contributed by atoms with Gasteiger partial charge >= 0.3 is 12.1 Å². The predicted molar refractivity (Wildman–Crippen MR) is 105 cm³/mol. The van der Waals surface area contributed by atoms with E-state index in [0.717, 1.165) is 34.4 Å². The van der Waals surface area contributed by atoms with Crippen LogP contribution in [0.2, 0.25) is 0 Å². The van der Waals surface area contributed by atoms with Crippen LogP contribution in [0.1, 0.15) is 29.9 Å². The van der Waals surface area contributed by atoms with Crippen molar-refractivity contribution in [3.05, 3.63) is 59.7 Å². The van der Waals surface area contributed by atoms with Gasteiger partial charge in [-0.2, -0.15) is 11.8 Å². The van der Waals surface area contributed by atoms with E-state index in [1.165, 1.54) is 0 Å². The minimum Gasteiger partial charge on any atom is -0.479 e. The topological polar surface area (TPSA) is 75.6 Å². The Labute approximate surface area is 162 Å². The number of aliphatic carboxylic acids is 1. The van der Waals surface area contributed by atoms with Crippen LogP contribution in [0.15, 0.2) is 48.5 Å². The minimum atomic E-state index is -1.23. The molecule has 1 saturated heterocycles.